The lowest BCUT2D eigenvalue weighted by Crippen LogP contribution is -2.17. The van der Waals surface area contributed by atoms with Gasteiger partial charge in [-0.15, -0.1) is 0 Å². The maximum absolute atomic E-state index is 4.36. The number of anilines is 1. The molecule has 1 heterocycles. The largest absolute Gasteiger partial charge is 0.382 e. The normalized spacial score (nSPS) is 10.9. The summed E-state index contributed by atoms with van der Waals surface area (Å²) >= 11 is 0. The molecule has 16 heavy (non-hydrogen) atoms. The van der Waals surface area contributed by atoms with Gasteiger partial charge in [-0.25, -0.2) is 0 Å². The maximum atomic E-state index is 4.36. The predicted molar refractivity (Wildman–Crippen MR) is 69.7 cm³/mol. The quantitative estimate of drug-likeness (QED) is 0.836. The third-order valence-electron chi connectivity index (χ3n) is 2.99. The highest BCUT2D eigenvalue weighted by atomic mass is 14.9. The molecule has 0 aliphatic carbocycles. The third-order valence-corrected chi connectivity index (χ3v) is 2.99. The molecule has 2 aromatic rings. The van der Waals surface area contributed by atoms with E-state index in [0.717, 1.165) is 18.4 Å². The summed E-state index contributed by atoms with van der Waals surface area (Å²) in [7, 11) is 0. The van der Waals surface area contributed by atoms with Gasteiger partial charge in [0.25, 0.3) is 0 Å². The zero-order valence-electron chi connectivity index (χ0n) is 9.90. The molecule has 0 saturated heterocycles. The number of aromatic nitrogens is 1. The Hall–Kier alpha value is -1.57. The van der Waals surface area contributed by atoms with E-state index in [0.29, 0.717) is 6.04 Å². The van der Waals surface area contributed by atoms with E-state index in [1.807, 2.05) is 18.3 Å². The van der Waals surface area contributed by atoms with E-state index in [4.69, 9.17) is 0 Å². The molecule has 84 valence electrons. The molecule has 2 rings (SSSR count). The summed E-state index contributed by atoms with van der Waals surface area (Å²) in [6, 6.07) is 10.9. The van der Waals surface area contributed by atoms with Gasteiger partial charge in [0.15, 0.2) is 0 Å². The molecular formula is C14H18N2. The first-order valence-corrected chi connectivity index (χ1v) is 5.95. The van der Waals surface area contributed by atoms with Crippen molar-refractivity contribution in [2.75, 3.05) is 5.32 Å². The van der Waals surface area contributed by atoms with Crippen LogP contribution in [0.4, 0.5) is 5.69 Å². The number of benzene rings is 1. The highest BCUT2D eigenvalue weighted by Crippen LogP contribution is 2.22. The van der Waals surface area contributed by atoms with Gasteiger partial charge in [-0.05, 0) is 25.0 Å². The smallest absolute Gasteiger partial charge is 0.0722 e. The van der Waals surface area contributed by atoms with Gasteiger partial charge in [0.05, 0.1) is 5.52 Å². The molecule has 1 aromatic heterocycles. The van der Waals surface area contributed by atoms with Crippen molar-refractivity contribution in [3.05, 3.63) is 36.5 Å². The monoisotopic (exact) mass is 214 g/mol. The third kappa shape index (κ3) is 2.16. The summed E-state index contributed by atoms with van der Waals surface area (Å²) in [4.78, 5) is 4.36. The molecule has 0 fully saturated rings. The number of nitrogens with one attached hydrogen (secondary N) is 1. The van der Waals surface area contributed by atoms with Crippen LogP contribution in [-0.2, 0) is 0 Å². The van der Waals surface area contributed by atoms with Crippen molar-refractivity contribution in [2.24, 2.45) is 0 Å². The van der Waals surface area contributed by atoms with Gasteiger partial charge >= 0.3 is 0 Å². The van der Waals surface area contributed by atoms with E-state index in [1.54, 1.807) is 0 Å². The zero-order valence-corrected chi connectivity index (χ0v) is 9.90. The molecule has 0 saturated carbocycles. The van der Waals surface area contributed by atoms with Crippen molar-refractivity contribution in [3.63, 3.8) is 0 Å². The summed E-state index contributed by atoms with van der Waals surface area (Å²) in [5.74, 6) is 0. The number of fused-ring (bicyclic) bond motifs is 1. The summed E-state index contributed by atoms with van der Waals surface area (Å²) in [5, 5.41) is 4.79. The number of pyridine rings is 1. The van der Waals surface area contributed by atoms with Gasteiger partial charge in [0, 0.05) is 23.3 Å². The Morgan fingerprint density at radius 3 is 2.62 bits per heavy atom. The van der Waals surface area contributed by atoms with Crippen LogP contribution in [0.3, 0.4) is 0 Å². The van der Waals surface area contributed by atoms with Crippen LogP contribution < -0.4 is 5.32 Å². The summed E-state index contributed by atoms with van der Waals surface area (Å²) in [6.07, 6.45) is 4.16. The Morgan fingerprint density at radius 1 is 1.12 bits per heavy atom. The van der Waals surface area contributed by atoms with Crippen molar-refractivity contribution in [3.8, 4) is 0 Å². The lowest BCUT2D eigenvalue weighted by atomic mass is 10.1. The SMILES string of the molecule is CCC(CC)Nc1ccnc2ccccc12. The second kappa shape index (κ2) is 4.97. The summed E-state index contributed by atoms with van der Waals surface area (Å²) < 4.78 is 0. The van der Waals surface area contributed by atoms with Crippen LogP contribution in [0, 0.1) is 0 Å². The molecular weight excluding hydrogens is 196 g/mol. The van der Waals surface area contributed by atoms with Gasteiger partial charge in [-0.2, -0.15) is 0 Å². The maximum Gasteiger partial charge on any atom is 0.0722 e. The number of rotatable bonds is 4. The van der Waals surface area contributed by atoms with E-state index in [1.165, 1.54) is 11.1 Å². The Balaban J connectivity index is 2.36. The second-order valence-corrected chi connectivity index (χ2v) is 4.03. The van der Waals surface area contributed by atoms with Crippen LogP contribution in [0.25, 0.3) is 10.9 Å². The molecule has 0 unspecified atom stereocenters. The van der Waals surface area contributed by atoms with Crippen LogP contribution in [0.15, 0.2) is 36.5 Å². The van der Waals surface area contributed by atoms with Gasteiger partial charge in [-0.3, -0.25) is 4.98 Å². The Bertz CT molecular complexity index is 456. The summed E-state index contributed by atoms with van der Waals surface area (Å²) in [6.45, 7) is 4.43. The predicted octanol–water partition coefficient (Wildman–Crippen LogP) is 3.84. The number of nitrogens with zero attached hydrogens (tertiary/aromatic N) is 1. The fraction of sp³-hybridized carbons (Fsp3) is 0.357. The molecule has 0 spiro atoms. The highest BCUT2D eigenvalue weighted by Gasteiger charge is 2.05. The van der Waals surface area contributed by atoms with E-state index >= 15 is 0 Å². The van der Waals surface area contributed by atoms with E-state index in [-0.39, 0.29) is 0 Å². The highest BCUT2D eigenvalue weighted by molar-refractivity contribution is 5.90. The molecule has 0 atom stereocenters. The first-order chi connectivity index (χ1) is 7.85. The summed E-state index contributed by atoms with van der Waals surface area (Å²) in [5.41, 5.74) is 2.25. The van der Waals surface area contributed by atoms with Crippen LogP contribution in [-0.4, -0.2) is 11.0 Å². The average Bonchev–Trinajstić information content (AvgIpc) is 2.36. The van der Waals surface area contributed by atoms with Crippen molar-refractivity contribution < 1.29 is 0 Å². The van der Waals surface area contributed by atoms with Gasteiger partial charge in [0.1, 0.15) is 0 Å². The van der Waals surface area contributed by atoms with Crippen LogP contribution in [0.5, 0.6) is 0 Å². The minimum atomic E-state index is 0.547. The van der Waals surface area contributed by atoms with Gasteiger partial charge in [-0.1, -0.05) is 32.0 Å². The molecule has 0 aliphatic heterocycles. The lowest BCUT2D eigenvalue weighted by Gasteiger charge is -2.17. The fourth-order valence-corrected chi connectivity index (χ4v) is 1.93. The van der Waals surface area contributed by atoms with E-state index in [2.05, 4.69) is 42.3 Å². The second-order valence-electron chi connectivity index (χ2n) is 4.03. The van der Waals surface area contributed by atoms with Crippen LogP contribution in [0.2, 0.25) is 0 Å². The minimum absolute atomic E-state index is 0.547. The standard InChI is InChI=1S/C14H18N2/c1-3-11(4-2)16-14-9-10-15-13-8-6-5-7-12(13)14/h5-11H,3-4H2,1-2H3,(H,15,16). The number of para-hydroxylation sites is 1. The first kappa shape index (κ1) is 10.9. The average molecular weight is 214 g/mol. The van der Waals surface area contributed by atoms with Crippen molar-refractivity contribution in [1.29, 1.82) is 0 Å². The topological polar surface area (TPSA) is 24.9 Å². The van der Waals surface area contributed by atoms with Crippen LogP contribution >= 0.6 is 0 Å². The van der Waals surface area contributed by atoms with Gasteiger partial charge in [0.2, 0.25) is 0 Å². The minimum Gasteiger partial charge on any atom is -0.382 e. The number of hydrogen-bond donors (Lipinski definition) is 1. The molecule has 2 heteroatoms. The molecule has 0 amide bonds. The van der Waals surface area contributed by atoms with Crippen molar-refractivity contribution >= 4 is 16.6 Å². The van der Waals surface area contributed by atoms with Crippen LogP contribution in [0.1, 0.15) is 26.7 Å². The van der Waals surface area contributed by atoms with Crippen molar-refractivity contribution in [2.45, 2.75) is 32.7 Å². The molecule has 0 bridgehead atoms. The molecule has 0 aliphatic rings. The fourth-order valence-electron chi connectivity index (χ4n) is 1.93. The first-order valence-electron chi connectivity index (χ1n) is 5.95. The Kier molecular flexibility index (Phi) is 3.40. The van der Waals surface area contributed by atoms with Crippen molar-refractivity contribution in [1.82, 2.24) is 4.98 Å². The molecule has 1 N–H and O–H groups in total. The molecule has 0 radical (unpaired) electrons. The Morgan fingerprint density at radius 2 is 1.88 bits per heavy atom. The van der Waals surface area contributed by atoms with Gasteiger partial charge < -0.3 is 5.32 Å². The number of hydrogen-bond acceptors (Lipinski definition) is 2. The molecule has 1 aromatic carbocycles. The lowest BCUT2D eigenvalue weighted by molar-refractivity contribution is 0.672. The zero-order chi connectivity index (χ0) is 11.4. The van der Waals surface area contributed by atoms with E-state index < -0.39 is 0 Å². The molecule has 2 nitrogen and oxygen atoms in total. The Labute approximate surface area is 96.7 Å². The van der Waals surface area contributed by atoms with E-state index in [9.17, 15) is 0 Å².